The first-order valence-electron chi connectivity index (χ1n) is 2.79. The summed E-state index contributed by atoms with van der Waals surface area (Å²) in [5.74, 6) is 0.667. The van der Waals surface area contributed by atoms with Crippen LogP contribution in [-0.4, -0.2) is 29.8 Å². The van der Waals surface area contributed by atoms with Gasteiger partial charge in [0, 0.05) is 0 Å². The van der Waals surface area contributed by atoms with Gasteiger partial charge >= 0.3 is 63.0 Å². The van der Waals surface area contributed by atoms with Gasteiger partial charge in [-0.15, -0.1) is 0 Å². The molecule has 42 valence electrons. The summed E-state index contributed by atoms with van der Waals surface area (Å²) in [5.41, 5.74) is 0. The number of rotatable bonds is 1. The second kappa shape index (κ2) is 2.91. The number of hydrogen-bond donors (Lipinski definition) is 0. The van der Waals surface area contributed by atoms with Crippen molar-refractivity contribution in [1.82, 2.24) is 4.98 Å². The molecule has 0 fully saturated rings. The molecule has 0 aliphatic carbocycles. The van der Waals surface area contributed by atoms with Crippen LogP contribution in [0.2, 0.25) is 0 Å². The van der Waals surface area contributed by atoms with Crippen molar-refractivity contribution in [3.63, 3.8) is 0 Å². The number of hydrogen-bond acceptors (Lipinski definition) is 2. The van der Waals surface area contributed by atoms with Crippen LogP contribution in [0, 0.1) is 0 Å². The van der Waals surface area contributed by atoms with E-state index in [1.54, 1.807) is 13.3 Å². The molecule has 0 aromatic carbocycles. The fourth-order valence-electron chi connectivity index (χ4n) is 0.575. The van der Waals surface area contributed by atoms with Crippen molar-refractivity contribution in [3.8, 4) is 5.88 Å². The van der Waals surface area contributed by atoms with E-state index in [-0.39, 0.29) is 0 Å². The monoisotopic (exact) mass is 115 g/mol. The zero-order valence-electron chi connectivity index (χ0n) is 5.59. The molecule has 1 aromatic rings. The van der Waals surface area contributed by atoms with Gasteiger partial charge in [-0.2, -0.15) is 0 Å². The Hall–Kier alpha value is -0.453. The van der Waals surface area contributed by atoms with Crippen molar-refractivity contribution in [3.05, 3.63) is 18.3 Å². The van der Waals surface area contributed by atoms with Crippen molar-refractivity contribution in [1.29, 1.82) is 0 Å². The minimum absolute atomic E-state index is 0.667. The molecule has 0 bridgehead atoms. The molecule has 0 aliphatic heterocycles. The Bertz CT molecular complexity index is 185. The van der Waals surface area contributed by atoms with E-state index in [2.05, 4.69) is 4.98 Å². The molecule has 0 radical (unpaired) electrons. The average Bonchev–Trinajstić information content (AvgIpc) is 1.90. The molecule has 0 saturated heterocycles. The van der Waals surface area contributed by atoms with Crippen LogP contribution in [0.25, 0.3) is 0 Å². The van der Waals surface area contributed by atoms with Crippen molar-refractivity contribution < 1.29 is 4.74 Å². The summed E-state index contributed by atoms with van der Waals surface area (Å²) in [5, 5.41) is 0. The van der Waals surface area contributed by atoms with Crippen molar-refractivity contribution >= 4 is 22.0 Å². The molecule has 1 rings (SSSR count). The Kier molecular flexibility index (Phi) is 2.15. The first-order valence-corrected chi connectivity index (χ1v) is 2.79. The third kappa shape index (κ3) is 1.74. The molecular formula is C6H6LiNO. The number of aromatic nitrogens is 1. The summed E-state index contributed by atoms with van der Waals surface area (Å²) in [7, 11) is 1.61. The number of pyridine rings is 1. The van der Waals surface area contributed by atoms with E-state index in [1.165, 1.54) is 0 Å². The Balaban J connectivity index is 2.88. The SMILES string of the molecule is [Li][c]1ccc(OC)nc1. The normalized spacial score (nSPS) is 9.22. The number of ether oxygens (including phenoxy) is 1. The van der Waals surface area contributed by atoms with Gasteiger partial charge in [0.15, 0.2) is 0 Å². The first-order chi connectivity index (χ1) is 4.33. The Morgan fingerprint density at radius 2 is 2.33 bits per heavy atom. The maximum atomic E-state index is 4.86. The van der Waals surface area contributed by atoms with Crippen molar-refractivity contribution in [2.75, 3.05) is 7.11 Å². The summed E-state index contributed by atoms with van der Waals surface area (Å²) in [6, 6.07) is 3.81. The molecule has 9 heavy (non-hydrogen) atoms. The minimum atomic E-state index is 0.667. The van der Waals surface area contributed by atoms with Gasteiger partial charge in [0.1, 0.15) is 0 Å². The molecule has 1 aromatic heterocycles. The summed E-state index contributed by atoms with van der Waals surface area (Å²) >= 11 is 1.99. The quantitative estimate of drug-likeness (QED) is 0.476. The van der Waals surface area contributed by atoms with Gasteiger partial charge in [-0.1, -0.05) is 0 Å². The summed E-state index contributed by atoms with van der Waals surface area (Å²) in [6.07, 6.45) is 1.78. The van der Waals surface area contributed by atoms with Crippen LogP contribution in [0.3, 0.4) is 0 Å². The molecular weight excluding hydrogens is 109 g/mol. The summed E-state index contributed by atoms with van der Waals surface area (Å²) < 4.78 is 6.01. The van der Waals surface area contributed by atoms with Crippen molar-refractivity contribution in [2.45, 2.75) is 0 Å². The van der Waals surface area contributed by atoms with E-state index in [1.807, 2.05) is 29.8 Å². The van der Waals surface area contributed by atoms with E-state index >= 15 is 0 Å². The fraction of sp³-hybridized carbons (Fsp3) is 0.167. The van der Waals surface area contributed by atoms with Gasteiger partial charge in [0.05, 0.1) is 0 Å². The average molecular weight is 115 g/mol. The molecule has 0 spiro atoms. The predicted molar refractivity (Wildman–Crippen MR) is 36.2 cm³/mol. The van der Waals surface area contributed by atoms with Crippen LogP contribution < -0.4 is 8.97 Å². The number of nitrogens with zero attached hydrogens (tertiary/aromatic N) is 1. The molecule has 0 aliphatic rings. The van der Waals surface area contributed by atoms with Gasteiger partial charge in [-0.3, -0.25) is 0 Å². The fourth-order valence-corrected chi connectivity index (χ4v) is 0.575. The topological polar surface area (TPSA) is 22.1 Å². The first kappa shape index (κ1) is 6.66. The zero-order chi connectivity index (χ0) is 6.69. The summed E-state index contributed by atoms with van der Waals surface area (Å²) in [6.45, 7) is 0. The van der Waals surface area contributed by atoms with Crippen LogP contribution in [-0.2, 0) is 0 Å². The van der Waals surface area contributed by atoms with E-state index in [0.717, 1.165) is 4.24 Å². The third-order valence-corrected chi connectivity index (χ3v) is 1.09. The van der Waals surface area contributed by atoms with Crippen LogP contribution in [0.5, 0.6) is 5.88 Å². The van der Waals surface area contributed by atoms with Gasteiger partial charge in [-0.05, 0) is 0 Å². The predicted octanol–water partition coefficient (Wildman–Crippen LogP) is -0.116. The standard InChI is InChI=1S/C6H6NO.Li/c1-8-6-4-2-3-5-7-6;/h2,4-5H,1H3;. The summed E-state index contributed by atoms with van der Waals surface area (Å²) in [4.78, 5) is 3.97. The van der Waals surface area contributed by atoms with E-state index < -0.39 is 0 Å². The van der Waals surface area contributed by atoms with E-state index in [0.29, 0.717) is 5.88 Å². The second-order valence-electron chi connectivity index (χ2n) is 1.88. The molecule has 0 saturated carbocycles. The van der Waals surface area contributed by atoms with Crippen LogP contribution in [0.15, 0.2) is 18.3 Å². The number of methoxy groups -OCH3 is 1. The van der Waals surface area contributed by atoms with E-state index in [9.17, 15) is 0 Å². The Morgan fingerprint density at radius 3 is 2.78 bits per heavy atom. The second-order valence-corrected chi connectivity index (χ2v) is 1.88. The molecule has 0 atom stereocenters. The maximum absolute atomic E-state index is 4.86. The Labute approximate surface area is 63.5 Å². The molecule has 1 heterocycles. The van der Waals surface area contributed by atoms with Crippen LogP contribution >= 0.6 is 0 Å². The van der Waals surface area contributed by atoms with Gasteiger partial charge < -0.3 is 0 Å². The van der Waals surface area contributed by atoms with Crippen LogP contribution in [0.4, 0.5) is 0 Å². The zero-order valence-corrected chi connectivity index (χ0v) is 5.59. The third-order valence-electron chi connectivity index (χ3n) is 1.09. The molecule has 3 heteroatoms. The van der Waals surface area contributed by atoms with Gasteiger partial charge in [-0.25, -0.2) is 0 Å². The molecule has 0 unspecified atom stereocenters. The Morgan fingerprint density at radius 1 is 1.56 bits per heavy atom. The molecule has 0 amide bonds. The van der Waals surface area contributed by atoms with Gasteiger partial charge in [0.25, 0.3) is 0 Å². The van der Waals surface area contributed by atoms with Gasteiger partial charge in [0.2, 0.25) is 0 Å². The molecule has 0 N–H and O–H groups in total. The van der Waals surface area contributed by atoms with Crippen LogP contribution in [0.1, 0.15) is 0 Å². The molecule has 2 nitrogen and oxygen atoms in total. The van der Waals surface area contributed by atoms with Crippen molar-refractivity contribution in [2.24, 2.45) is 0 Å². The van der Waals surface area contributed by atoms with E-state index in [4.69, 9.17) is 4.74 Å².